The van der Waals surface area contributed by atoms with Gasteiger partial charge in [0.05, 0.1) is 24.5 Å². The summed E-state index contributed by atoms with van der Waals surface area (Å²) in [7, 11) is 1.81. The first-order chi connectivity index (χ1) is 11.8. The van der Waals surface area contributed by atoms with Crippen molar-refractivity contribution in [1.82, 2.24) is 15.5 Å². The number of hydrogen-bond donors (Lipinski definition) is 2. The lowest BCUT2D eigenvalue weighted by atomic mass is 10.1. The normalized spacial score (nSPS) is 24.9. The number of likely N-dealkylation sites (tertiary alicyclic amines) is 1. The lowest BCUT2D eigenvalue weighted by Gasteiger charge is -2.28. The van der Waals surface area contributed by atoms with E-state index in [0.29, 0.717) is 0 Å². The van der Waals surface area contributed by atoms with Gasteiger partial charge in [-0.25, -0.2) is 0 Å². The molecule has 0 radical (unpaired) electrons. The molecule has 2 aliphatic rings. The number of rotatable bonds is 6. The van der Waals surface area contributed by atoms with Crippen LogP contribution in [0.25, 0.3) is 0 Å². The molecule has 3 rings (SSSR count). The van der Waals surface area contributed by atoms with Crippen molar-refractivity contribution in [2.24, 2.45) is 4.99 Å². The van der Waals surface area contributed by atoms with Gasteiger partial charge in [0.1, 0.15) is 5.76 Å². The standard InChI is InChI=1S/C18H30N4O2/c1-14(16-7-5-11-23-16)21-18(19-2)20-13-15(17-8-6-12-24-17)22-9-3-4-10-22/h6,8,12,14-16H,3-5,7,9-11,13H2,1-2H3,(H2,19,20,21)/t14-,15-,16+/m1/s1. The molecular formula is C18H30N4O2. The predicted octanol–water partition coefficient (Wildman–Crippen LogP) is 2.15. The molecule has 0 spiro atoms. The van der Waals surface area contributed by atoms with Crippen LogP contribution in [0.15, 0.2) is 27.8 Å². The molecule has 1 aromatic rings. The van der Waals surface area contributed by atoms with Gasteiger partial charge >= 0.3 is 0 Å². The van der Waals surface area contributed by atoms with E-state index in [1.807, 2.05) is 13.1 Å². The maximum absolute atomic E-state index is 5.76. The number of ether oxygens (including phenoxy) is 1. The molecule has 134 valence electrons. The zero-order valence-corrected chi connectivity index (χ0v) is 14.8. The minimum Gasteiger partial charge on any atom is -0.468 e. The Morgan fingerprint density at radius 3 is 2.83 bits per heavy atom. The average Bonchev–Trinajstić information content (AvgIpc) is 3.36. The summed E-state index contributed by atoms with van der Waals surface area (Å²) in [5, 5.41) is 6.94. The fourth-order valence-corrected chi connectivity index (χ4v) is 3.64. The second-order valence-corrected chi connectivity index (χ2v) is 6.71. The topological polar surface area (TPSA) is 62.0 Å². The van der Waals surface area contributed by atoms with Gasteiger partial charge in [0.25, 0.3) is 0 Å². The quantitative estimate of drug-likeness (QED) is 0.616. The first-order valence-electron chi connectivity index (χ1n) is 9.14. The zero-order chi connectivity index (χ0) is 16.8. The van der Waals surface area contributed by atoms with Crippen molar-refractivity contribution < 1.29 is 9.15 Å². The smallest absolute Gasteiger partial charge is 0.191 e. The van der Waals surface area contributed by atoms with Crippen molar-refractivity contribution >= 4 is 5.96 Å². The summed E-state index contributed by atoms with van der Waals surface area (Å²) in [6.07, 6.45) is 6.83. The van der Waals surface area contributed by atoms with Gasteiger partial charge in [0.2, 0.25) is 0 Å². The second-order valence-electron chi connectivity index (χ2n) is 6.71. The van der Waals surface area contributed by atoms with Crippen LogP contribution in [0, 0.1) is 0 Å². The largest absolute Gasteiger partial charge is 0.468 e. The monoisotopic (exact) mass is 334 g/mol. The van der Waals surface area contributed by atoms with Gasteiger partial charge < -0.3 is 19.8 Å². The number of furan rings is 1. The van der Waals surface area contributed by atoms with E-state index in [4.69, 9.17) is 9.15 Å². The minimum atomic E-state index is 0.249. The van der Waals surface area contributed by atoms with Gasteiger partial charge in [-0.2, -0.15) is 0 Å². The molecule has 0 bridgehead atoms. The summed E-state index contributed by atoms with van der Waals surface area (Å²) >= 11 is 0. The summed E-state index contributed by atoms with van der Waals surface area (Å²) in [5.41, 5.74) is 0. The molecule has 2 fully saturated rings. The highest BCUT2D eigenvalue weighted by Crippen LogP contribution is 2.24. The van der Waals surface area contributed by atoms with E-state index in [1.165, 1.54) is 12.8 Å². The number of hydrogen-bond acceptors (Lipinski definition) is 4. The average molecular weight is 334 g/mol. The molecule has 1 aromatic heterocycles. The lowest BCUT2D eigenvalue weighted by Crippen LogP contribution is -2.48. The third-order valence-electron chi connectivity index (χ3n) is 5.03. The molecular weight excluding hydrogens is 304 g/mol. The fourth-order valence-electron chi connectivity index (χ4n) is 3.64. The number of guanidine groups is 1. The van der Waals surface area contributed by atoms with Crippen LogP contribution in [0.3, 0.4) is 0 Å². The van der Waals surface area contributed by atoms with E-state index in [1.54, 1.807) is 6.26 Å². The molecule has 6 heteroatoms. The van der Waals surface area contributed by atoms with Crippen LogP contribution in [0.4, 0.5) is 0 Å². The molecule has 0 unspecified atom stereocenters. The van der Waals surface area contributed by atoms with Crippen molar-refractivity contribution in [3.8, 4) is 0 Å². The van der Waals surface area contributed by atoms with Gasteiger partial charge in [0, 0.05) is 20.2 Å². The molecule has 0 aromatic carbocycles. The van der Waals surface area contributed by atoms with E-state index in [-0.39, 0.29) is 18.2 Å². The zero-order valence-electron chi connectivity index (χ0n) is 14.8. The van der Waals surface area contributed by atoms with E-state index in [9.17, 15) is 0 Å². The van der Waals surface area contributed by atoms with Crippen molar-refractivity contribution in [3.05, 3.63) is 24.2 Å². The summed E-state index contributed by atoms with van der Waals surface area (Å²) in [5.74, 6) is 1.85. The Hall–Kier alpha value is -1.53. The molecule has 24 heavy (non-hydrogen) atoms. The van der Waals surface area contributed by atoms with Crippen LogP contribution >= 0.6 is 0 Å². The van der Waals surface area contributed by atoms with Crippen LogP contribution in [-0.2, 0) is 4.74 Å². The van der Waals surface area contributed by atoms with Crippen LogP contribution in [-0.4, -0.2) is 56.3 Å². The Kier molecular flexibility index (Phi) is 6.15. The Balaban J connectivity index is 1.56. The predicted molar refractivity (Wildman–Crippen MR) is 95.2 cm³/mol. The van der Waals surface area contributed by atoms with Gasteiger partial charge in [-0.1, -0.05) is 0 Å². The first-order valence-corrected chi connectivity index (χ1v) is 9.14. The van der Waals surface area contributed by atoms with Gasteiger partial charge in [-0.05, 0) is 57.8 Å². The molecule has 2 aliphatic heterocycles. The highest BCUT2D eigenvalue weighted by atomic mass is 16.5. The van der Waals surface area contributed by atoms with E-state index in [0.717, 1.165) is 50.8 Å². The molecule has 0 amide bonds. The number of nitrogens with zero attached hydrogens (tertiary/aromatic N) is 2. The summed E-state index contributed by atoms with van der Waals surface area (Å²) in [6, 6.07) is 4.53. The first kappa shape index (κ1) is 17.3. The Bertz CT molecular complexity index is 505. The second kappa shape index (κ2) is 8.53. The van der Waals surface area contributed by atoms with E-state index in [2.05, 4.69) is 33.5 Å². The molecule has 3 atom stereocenters. The third kappa shape index (κ3) is 4.30. The van der Waals surface area contributed by atoms with Crippen LogP contribution < -0.4 is 10.6 Å². The van der Waals surface area contributed by atoms with Crippen LogP contribution in [0.1, 0.15) is 44.4 Å². The number of aliphatic imine (C=N–C) groups is 1. The van der Waals surface area contributed by atoms with Crippen LogP contribution in [0.2, 0.25) is 0 Å². The van der Waals surface area contributed by atoms with Gasteiger partial charge in [-0.15, -0.1) is 0 Å². The molecule has 0 saturated carbocycles. The van der Waals surface area contributed by atoms with Crippen molar-refractivity contribution in [2.75, 3.05) is 33.3 Å². The van der Waals surface area contributed by atoms with Crippen molar-refractivity contribution in [2.45, 2.75) is 50.8 Å². The summed E-state index contributed by atoms with van der Waals surface area (Å²) in [4.78, 5) is 6.86. The third-order valence-corrected chi connectivity index (χ3v) is 5.03. The van der Waals surface area contributed by atoms with Crippen molar-refractivity contribution in [3.63, 3.8) is 0 Å². The van der Waals surface area contributed by atoms with Gasteiger partial charge in [-0.3, -0.25) is 9.89 Å². The van der Waals surface area contributed by atoms with Crippen molar-refractivity contribution in [1.29, 1.82) is 0 Å². The minimum absolute atomic E-state index is 0.249. The molecule has 6 nitrogen and oxygen atoms in total. The Labute approximate surface area is 144 Å². The summed E-state index contributed by atoms with van der Waals surface area (Å²) < 4.78 is 11.4. The fraction of sp³-hybridized carbons (Fsp3) is 0.722. The summed E-state index contributed by atoms with van der Waals surface area (Å²) in [6.45, 7) is 6.08. The van der Waals surface area contributed by atoms with E-state index >= 15 is 0 Å². The highest BCUT2D eigenvalue weighted by Gasteiger charge is 2.27. The Morgan fingerprint density at radius 1 is 1.38 bits per heavy atom. The molecule has 3 heterocycles. The number of nitrogens with one attached hydrogen (secondary N) is 2. The van der Waals surface area contributed by atoms with Crippen LogP contribution in [0.5, 0.6) is 0 Å². The lowest BCUT2D eigenvalue weighted by molar-refractivity contribution is 0.0890. The maximum Gasteiger partial charge on any atom is 0.191 e. The van der Waals surface area contributed by atoms with E-state index < -0.39 is 0 Å². The van der Waals surface area contributed by atoms with Gasteiger partial charge in [0.15, 0.2) is 5.96 Å². The molecule has 2 N–H and O–H groups in total. The molecule has 0 aliphatic carbocycles. The SMILES string of the molecule is CN=C(NC[C@H](c1ccco1)N1CCCC1)N[C@H](C)[C@@H]1CCCO1. The molecule has 2 saturated heterocycles. The highest BCUT2D eigenvalue weighted by molar-refractivity contribution is 5.80. The maximum atomic E-state index is 5.76. The Morgan fingerprint density at radius 2 is 2.21 bits per heavy atom.